The topological polar surface area (TPSA) is 58.5 Å². The Balaban J connectivity index is 2.81. The third-order valence-electron chi connectivity index (χ3n) is 0.846. The van der Waals surface area contributed by atoms with E-state index in [0.29, 0.717) is 0 Å². The number of hydrogen-bond acceptors (Lipinski definition) is 2. The fourth-order valence-corrected chi connectivity index (χ4v) is 0.530. The number of alkyl halides is 1. The number of nitrogens with one attached hydrogen (secondary N) is 1. The van der Waals surface area contributed by atoms with Gasteiger partial charge in [0.25, 0.3) is 11.8 Å². The van der Waals surface area contributed by atoms with Gasteiger partial charge in [-0.1, -0.05) is 0 Å². The summed E-state index contributed by atoms with van der Waals surface area (Å²) in [7, 11) is 0. The standard InChI is InChI=1S/C4H3ClN2O2/c5-2-3(8)6-1-7-4(2)9/h1-2H,(H,6,7,8,9). The zero-order valence-electron chi connectivity index (χ0n) is 4.30. The second-order valence-corrected chi connectivity index (χ2v) is 1.90. The molecule has 0 unspecified atom stereocenters. The first-order valence-corrected chi connectivity index (χ1v) is 2.66. The zero-order chi connectivity index (χ0) is 6.85. The minimum atomic E-state index is -1.14. The van der Waals surface area contributed by atoms with Gasteiger partial charge in [0.2, 0.25) is 0 Å². The second-order valence-electron chi connectivity index (χ2n) is 1.47. The number of carbonyl (C=O) groups excluding carboxylic acids is 2. The highest BCUT2D eigenvalue weighted by molar-refractivity contribution is 6.43. The Labute approximate surface area is 55.9 Å². The molecule has 9 heavy (non-hydrogen) atoms. The van der Waals surface area contributed by atoms with Crippen molar-refractivity contribution in [3.05, 3.63) is 0 Å². The summed E-state index contributed by atoms with van der Waals surface area (Å²) in [6.07, 6.45) is 1.03. The number of nitrogens with zero attached hydrogens (tertiary/aromatic N) is 1. The predicted molar refractivity (Wildman–Crippen MR) is 31.3 cm³/mol. The largest absolute Gasteiger partial charge is 0.315 e. The van der Waals surface area contributed by atoms with Crippen LogP contribution in [-0.4, -0.2) is 23.5 Å². The van der Waals surface area contributed by atoms with Crippen LogP contribution in [-0.2, 0) is 9.59 Å². The molecule has 0 fully saturated rings. The molecule has 0 aliphatic carbocycles. The number of carbonyl (C=O) groups is 2. The number of rotatable bonds is 0. The van der Waals surface area contributed by atoms with Crippen molar-refractivity contribution in [3.8, 4) is 0 Å². The molecule has 1 atom stereocenters. The maximum absolute atomic E-state index is 10.4. The first-order valence-electron chi connectivity index (χ1n) is 2.22. The van der Waals surface area contributed by atoms with Gasteiger partial charge in [0.15, 0.2) is 5.38 Å². The molecule has 0 aromatic heterocycles. The van der Waals surface area contributed by atoms with Crippen LogP contribution in [0.2, 0.25) is 0 Å². The van der Waals surface area contributed by atoms with Crippen LogP contribution in [0.3, 0.4) is 0 Å². The lowest BCUT2D eigenvalue weighted by Crippen LogP contribution is -2.39. The van der Waals surface area contributed by atoms with Crippen molar-refractivity contribution in [2.24, 2.45) is 4.99 Å². The monoisotopic (exact) mass is 146 g/mol. The van der Waals surface area contributed by atoms with E-state index in [2.05, 4.69) is 10.3 Å². The molecule has 0 bridgehead atoms. The Morgan fingerprint density at radius 3 is 2.78 bits per heavy atom. The molecule has 1 aliphatic rings. The number of amides is 2. The van der Waals surface area contributed by atoms with E-state index in [1.807, 2.05) is 0 Å². The van der Waals surface area contributed by atoms with Crippen molar-refractivity contribution in [2.45, 2.75) is 5.38 Å². The van der Waals surface area contributed by atoms with E-state index in [9.17, 15) is 9.59 Å². The van der Waals surface area contributed by atoms with Crippen molar-refractivity contribution < 1.29 is 9.59 Å². The molecule has 0 aromatic rings. The van der Waals surface area contributed by atoms with Gasteiger partial charge in [0, 0.05) is 0 Å². The maximum atomic E-state index is 10.4. The number of halogens is 1. The molecule has 1 aliphatic heterocycles. The average Bonchev–Trinajstić information content (AvgIpc) is 1.83. The second kappa shape index (κ2) is 2.14. The molecule has 0 spiro atoms. The van der Waals surface area contributed by atoms with E-state index in [0.717, 1.165) is 6.34 Å². The van der Waals surface area contributed by atoms with Crippen LogP contribution >= 0.6 is 11.6 Å². The molecule has 1 heterocycles. The minimum Gasteiger partial charge on any atom is -0.315 e. The van der Waals surface area contributed by atoms with Gasteiger partial charge in [-0.25, -0.2) is 4.99 Å². The quantitative estimate of drug-likeness (QED) is 0.362. The van der Waals surface area contributed by atoms with Gasteiger partial charge in [0.1, 0.15) is 0 Å². The van der Waals surface area contributed by atoms with Crippen molar-refractivity contribution in [3.63, 3.8) is 0 Å². The van der Waals surface area contributed by atoms with Gasteiger partial charge in [-0.2, -0.15) is 0 Å². The SMILES string of the molecule is O=C1N=CNC(=O)[C@H]1Cl. The summed E-state index contributed by atoms with van der Waals surface area (Å²) in [4.78, 5) is 24.1. The van der Waals surface area contributed by atoms with Gasteiger partial charge in [0.05, 0.1) is 6.34 Å². The predicted octanol–water partition coefficient (Wildman–Crippen LogP) is -0.722. The van der Waals surface area contributed by atoms with Crippen LogP contribution in [0.15, 0.2) is 4.99 Å². The van der Waals surface area contributed by atoms with Crippen molar-refractivity contribution in [2.75, 3.05) is 0 Å². The zero-order valence-corrected chi connectivity index (χ0v) is 5.05. The molecule has 0 aromatic carbocycles. The minimum absolute atomic E-state index is 0.517. The van der Waals surface area contributed by atoms with Crippen molar-refractivity contribution in [1.82, 2.24) is 5.32 Å². The van der Waals surface area contributed by atoms with E-state index in [-0.39, 0.29) is 0 Å². The van der Waals surface area contributed by atoms with Crippen LogP contribution in [0, 0.1) is 0 Å². The Morgan fingerprint density at radius 1 is 1.67 bits per heavy atom. The maximum Gasteiger partial charge on any atom is 0.274 e. The van der Waals surface area contributed by atoms with E-state index in [1.165, 1.54) is 0 Å². The lowest BCUT2D eigenvalue weighted by molar-refractivity contribution is -0.126. The Morgan fingerprint density at radius 2 is 2.33 bits per heavy atom. The molecule has 0 saturated heterocycles. The summed E-state index contributed by atoms with van der Waals surface area (Å²) in [6, 6.07) is 0. The third kappa shape index (κ3) is 1.08. The first kappa shape index (κ1) is 6.22. The van der Waals surface area contributed by atoms with Crippen LogP contribution in [0.25, 0.3) is 0 Å². The molecular formula is C4H3ClN2O2. The highest BCUT2D eigenvalue weighted by Gasteiger charge is 2.25. The van der Waals surface area contributed by atoms with Crippen LogP contribution < -0.4 is 5.32 Å². The van der Waals surface area contributed by atoms with Crippen molar-refractivity contribution >= 4 is 29.8 Å². The van der Waals surface area contributed by atoms with E-state index < -0.39 is 17.2 Å². The highest BCUT2D eigenvalue weighted by atomic mass is 35.5. The van der Waals surface area contributed by atoms with Crippen molar-refractivity contribution in [1.29, 1.82) is 0 Å². The van der Waals surface area contributed by atoms with Crippen LogP contribution in [0.4, 0.5) is 0 Å². The summed E-state index contributed by atoms with van der Waals surface area (Å²) < 4.78 is 0. The van der Waals surface area contributed by atoms with Crippen LogP contribution in [0.1, 0.15) is 0 Å². The number of aliphatic imine (C=N–C) groups is 1. The molecule has 1 N–H and O–H groups in total. The fraction of sp³-hybridized carbons (Fsp3) is 0.250. The molecule has 48 valence electrons. The summed E-state index contributed by atoms with van der Waals surface area (Å²) in [5, 5.41) is 1.04. The summed E-state index contributed by atoms with van der Waals surface area (Å²) in [6.45, 7) is 0. The molecule has 2 amide bonds. The Bertz CT molecular complexity index is 189. The fourth-order valence-electron chi connectivity index (χ4n) is 0.410. The van der Waals surface area contributed by atoms with Crippen LogP contribution in [0.5, 0.6) is 0 Å². The molecule has 1 rings (SSSR count). The van der Waals surface area contributed by atoms with Gasteiger partial charge in [-0.05, 0) is 0 Å². The third-order valence-corrected chi connectivity index (χ3v) is 1.23. The highest BCUT2D eigenvalue weighted by Crippen LogP contribution is 2.00. The van der Waals surface area contributed by atoms with E-state index >= 15 is 0 Å². The van der Waals surface area contributed by atoms with Gasteiger partial charge < -0.3 is 5.32 Å². The van der Waals surface area contributed by atoms with Gasteiger partial charge >= 0.3 is 0 Å². The first-order chi connectivity index (χ1) is 4.22. The van der Waals surface area contributed by atoms with E-state index in [4.69, 9.17) is 11.6 Å². The number of hydrogen-bond donors (Lipinski definition) is 1. The average molecular weight is 147 g/mol. The Hall–Kier alpha value is -0.900. The summed E-state index contributed by atoms with van der Waals surface area (Å²) in [5.41, 5.74) is 0. The van der Waals surface area contributed by atoms with E-state index in [1.54, 1.807) is 0 Å². The summed E-state index contributed by atoms with van der Waals surface area (Å²) >= 11 is 5.24. The van der Waals surface area contributed by atoms with Gasteiger partial charge in [-0.15, -0.1) is 11.6 Å². The van der Waals surface area contributed by atoms with Gasteiger partial charge in [-0.3, -0.25) is 9.59 Å². The lowest BCUT2D eigenvalue weighted by atomic mass is 10.3. The normalized spacial score (nSPS) is 26.1. The summed E-state index contributed by atoms with van der Waals surface area (Å²) in [5.74, 6) is -1.13. The molecule has 0 saturated carbocycles. The molecule has 5 heteroatoms. The smallest absolute Gasteiger partial charge is 0.274 e. The molecule has 0 radical (unpaired) electrons. The molecular weight excluding hydrogens is 144 g/mol. The Kier molecular flexibility index (Phi) is 1.48. The molecule has 4 nitrogen and oxygen atoms in total. The lowest BCUT2D eigenvalue weighted by Gasteiger charge is -2.06.